The molecule has 0 bridgehead atoms. The minimum absolute atomic E-state index is 0.0248. The van der Waals surface area contributed by atoms with Crippen LogP contribution in [0.25, 0.3) is 0 Å². The molecule has 1 atom stereocenters. The molecule has 104 valence electrons. The first-order valence-electron chi connectivity index (χ1n) is 7.06. The molecule has 3 heteroatoms. The van der Waals surface area contributed by atoms with Crippen LogP contribution in [-0.2, 0) is 23.6 Å². The molecule has 1 unspecified atom stereocenters. The molecular weight excluding hydrogens is 256 g/mol. The van der Waals surface area contributed by atoms with Crippen LogP contribution in [-0.4, -0.2) is 21.5 Å². The molecule has 19 heavy (non-hydrogen) atoms. The molecule has 0 saturated carbocycles. The number of aryl methyl sites for hydroxylation is 2. The van der Waals surface area contributed by atoms with E-state index in [1.165, 1.54) is 17.5 Å². The molecule has 0 heterocycles. The number of ketones is 1. The SMILES string of the molecule is CC(C)CCS(=O)CC(=O)c1ccc2c(c1)CCC2. The summed E-state index contributed by atoms with van der Waals surface area (Å²) in [5.74, 6) is 1.37. The topological polar surface area (TPSA) is 34.1 Å². The Labute approximate surface area is 118 Å². The van der Waals surface area contributed by atoms with Crippen LogP contribution in [0, 0.1) is 5.92 Å². The quantitative estimate of drug-likeness (QED) is 0.749. The van der Waals surface area contributed by atoms with Gasteiger partial charge < -0.3 is 0 Å². The van der Waals surface area contributed by atoms with Crippen LogP contribution >= 0.6 is 0 Å². The summed E-state index contributed by atoms with van der Waals surface area (Å²) < 4.78 is 11.9. The number of hydrogen-bond acceptors (Lipinski definition) is 2. The summed E-state index contributed by atoms with van der Waals surface area (Å²) in [6, 6.07) is 5.96. The number of Topliss-reactive ketones (excluding diaryl/α,β-unsaturated/α-hetero) is 1. The van der Waals surface area contributed by atoms with Crippen LogP contribution < -0.4 is 0 Å². The number of carbonyl (C=O) groups excluding carboxylic acids is 1. The third-order valence-electron chi connectivity index (χ3n) is 3.64. The van der Waals surface area contributed by atoms with Crippen LogP contribution in [0.3, 0.4) is 0 Å². The summed E-state index contributed by atoms with van der Waals surface area (Å²) in [5, 5.41) is 0. The predicted molar refractivity (Wildman–Crippen MR) is 80.1 cm³/mol. The van der Waals surface area contributed by atoms with Crippen molar-refractivity contribution in [2.75, 3.05) is 11.5 Å². The molecule has 0 N–H and O–H groups in total. The van der Waals surface area contributed by atoms with Crippen LogP contribution in [0.1, 0.15) is 48.2 Å². The molecule has 0 fully saturated rings. The molecule has 0 aromatic heterocycles. The maximum Gasteiger partial charge on any atom is 0.175 e. The Bertz CT molecular complexity index is 492. The molecule has 0 radical (unpaired) electrons. The van der Waals surface area contributed by atoms with E-state index >= 15 is 0 Å². The number of rotatable bonds is 6. The lowest BCUT2D eigenvalue weighted by molar-refractivity contribution is 0.102. The van der Waals surface area contributed by atoms with E-state index in [1.54, 1.807) is 0 Å². The number of hydrogen-bond donors (Lipinski definition) is 0. The normalized spacial score (nSPS) is 15.5. The first kappa shape index (κ1) is 14.4. The molecule has 0 saturated heterocycles. The summed E-state index contributed by atoms with van der Waals surface area (Å²) in [7, 11) is -1.02. The Balaban J connectivity index is 1.94. The van der Waals surface area contributed by atoms with Gasteiger partial charge >= 0.3 is 0 Å². The Kier molecular flexibility index (Phi) is 4.92. The van der Waals surface area contributed by atoms with E-state index in [1.807, 2.05) is 12.1 Å². The largest absolute Gasteiger partial charge is 0.293 e. The maximum absolute atomic E-state index is 12.1. The average molecular weight is 278 g/mol. The van der Waals surface area contributed by atoms with E-state index in [9.17, 15) is 9.00 Å². The van der Waals surface area contributed by atoms with Gasteiger partial charge in [-0.05, 0) is 48.8 Å². The third kappa shape index (κ3) is 4.00. The lowest BCUT2D eigenvalue weighted by Crippen LogP contribution is -2.14. The molecule has 1 aromatic rings. The van der Waals surface area contributed by atoms with Crippen molar-refractivity contribution in [2.24, 2.45) is 5.92 Å². The Morgan fingerprint density at radius 1 is 1.26 bits per heavy atom. The zero-order chi connectivity index (χ0) is 13.8. The highest BCUT2D eigenvalue weighted by atomic mass is 32.2. The number of fused-ring (bicyclic) bond motifs is 1. The van der Waals surface area contributed by atoms with E-state index in [0.717, 1.165) is 24.8 Å². The molecule has 0 spiro atoms. The first-order valence-corrected chi connectivity index (χ1v) is 8.55. The highest BCUT2D eigenvalue weighted by Gasteiger charge is 2.15. The highest BCUT2D eigenvalue weighted by molar-refractivity contribution is 7.85. The van der Waals surface area contributed by atoms with Gasteiger partial charge in [-0.2, -0.15) is 0 Å². The molecule has 0 aliphatic heterocycles. The Morgan fingerprint density at radius 2 is 2.00 bits per heavy atom. The van der Waals surface area contributed by atoms with Crippen LogP contribution in [0.15, 0.2) is 18.2 Å². The fraction of sp³-hybridized carbons (Fsp3) is 0.562. The summed E-state index contributed by atoms with van der Waals surface area (Å²) in [6.45, 7) is 4.22. The van der Waals surface area contributed by atoms with Crippen molar-refractivity contribution in [3.8, 4) is 0 Å². The van der Waals surface area contributed by atoms with Crippen LogP contribution in [0.4, 0.5) is 0 Å². The summed E-state index contributed by atoms with van der Waals surface area (Å²) in [4.78, 5) is 12.1. The Hall–Kier alpha value is -0.960. The number of benzene rings is 1. The van der Waals surface area contributed by atoms with Gasteiger partial charge in [0.25, 0.3) is 0 Å². The van der Waals surface area contributed by atoms with Crippen molar-refractivity contribution in [1.82, 2.24) is 0 Å². The lowest BCUT2D eigenvalue weighted by atomic mass is 10.0. The van der Waals surface area contributed by atoms with Crippen LogP contribution in [0.5, 0.6) is 0 Å². The summed E-state index contributed by atoms with van der Waals surface area (Å²) in [5.41, 5.74) is 3.41. The molecule has 1 aliphatic rings. The molecular formula is C16H22O2S. The third-order valence-corrected chi connectivity index (χ3v) is 4.91. The van der Waals surface area contributed by atoms with Crippen molar-refractivity contribution in [1.29, 1.82) is 0 Å². The fourth-order valence-corrected chi connectivity index (χ4v) is 3.75. The van der Waals surface area contributed by atoms with E-state index in [0.29, 0.717) is 11.7 Å². The van der Waals surface area contributed by atoms with Crippen molar-refractivity contribution < 1.29 is 9.00 Å². The predicted octanol–water partition coefficient (Wildman–Crippen LogP) is 3.15. The smallest absolute Gasteiger partial charge is 0.175 e. The van der Waals surface area contributed by atoms with Gasteiger partial charge in [0.15, 0.2) is 5.78 Å². The van der Waals surface area contributed by atoms with Gasteiger partial charge in [-0.25, -0.2) is 0 Å². The Morgan fingerprint density at radius 3 is 2.74 bits per heavy atom. The summed E-state index contributed by atoms with van der Waals surface area (Å²) >= 11 is 0. The fourth-order valence-electron chi connectivity index (χ4n) is 2.41. The highest BCUT2D eigenvalue weighted by Crippen LogP contribution is 2.23. The average Bonchev–Trinajstić information content (AvgIpc) is 2.83. The van der Waals surface area contributed by atoms with Crippen LogP contribution in [0.2, 0.25) is 0 Å². The molecule has 0 amide bonds. The molecule has 1 aromatic carbocycles. The van der Waals surface area contributed by atoms with E-state index in [2.05, 4.69) is 19.9 Å². The van der Waals surface area contributed by atoms with E-state index < -0.39 is 10.8 Å². The van der Waals surface area contributed by atoms with E-state index in [-0.39, 0.29) is 11.5 Å². The van der Waals surface area contributed by atoms with Gasteiger partial charge in [-0.3, -0.25) is 9.00 Å². The zero-order valence-electron chi connectivity index (χ0n) is 11.8. The van der Waals surface area contributed by atoms with E-state index in [4.69, 9.17) is 0 Å². The minimum atomic E-state index is -1.02. The van der Waals surface area contributed by atoms with Gasteiger partial charge in [0.05, 0.1) is 5.75 Å². The zero-order valence-corrected chi connectivity index (χ0v) is 12.6. The van der Waals surface area contributed by atoms with Gasteiger partial charge in [0, 0.05) is 22.1 Å². The first-order chi connectivity index (χ1) is 9.06. The molecule has 2 nitrogen and oxygen atoms in total. The summed E-state index contributed by atoms with van der Waals surface area (Å²) in [6.07, 6.45) is 4.31. The van der Waals surface area contributed by atoms with Crippen molar-refractivity contribution in [2.45, 2.75) is 39.5 Å². The maximum atomic E-state index is 12.1. The van der Waals surface area contributed by atoms with Crippen molar-refractivity contribution in [3.63, 3.8) is 0 Å². The molecule has 2 rings (SSSR count). The van der Waals surface area contributed by atoms with Crippen molar-refractivity contribution in [3.05, 3.63) is 34.9 Å². The molecule has 1 aliphatic carbocycles. The second kappa shape index (κ2) is 6.47. The second-order valence-electron chi connectivity index (χ2n) is 5.73. The van der Waals surface area contributed by atoms with Gasteiger partial charge in [-0.15, -0.1) is 0 Å². The second-order valence-corrected chi connectivity index (χ2v) is 7.31. The van der Waals surface area contributed by atoms with Gasteiger partial charge in [-0.1, -0.05) is 26.0 Å². The minimum Gasteiger partial charge on any atom is -0.293 e. The van der Waals surface area contributed by atoms with Gasteiger partial charge in [0.1, 0.15) is 0 Å². The standard InChI is InChI=1S/C16H22O2S/c1-12(2)8-9-19(18)11-16(17)15-7-6-13-4-3-5-14(13)10-15/h6-7,10,12H,3-5,8-9,11H2,1-2H3. The lowest BCUT2D eigenvalue weighted by Gasteiger charge is -2.06. The monoisotopic (exact) mass is 278 g/mol. The number of carbonyl (C=O) groups is 1. The van der Waals surface area contributed by atoms with Crippen molar-refractivity contribution >= 4 is 16.6 Å². The van der Waals surface area contributed by atoms with Gasteiger partial charge in [0.2, 0.25) is 0 Å².